The Kier molecular flexibility index (Phi) is 2.89. The first-order chi connectivity index (χ1) is 8.74. The Hall–Kier alpha value is -1.66. The van der Waals surface area contributed by atoms with Gasteiger partial charge in [0.25, 0.3) is 5.91 Å². The normalized spacial score (nSPS) is 14.3. The number of anilines is 1. The molecular formula is C12H13N3O2S. The minimum absolute atomic E-state index is 0.166. The zero-order chi connectivity index (χ0) is 12.5. The average molecular weight is 263 g/mol. The number of carbonyl (C=O) groups is 1. The molecule has 0 bridgehead atoms. The van der Waals surface area contributed by atoms with Crippen molar-refractivity contribution < 1.29 is 9.21 Å². The molecule has 3 heterocycles. The molecule has 0 aliphatic carbocycles. The molecule has 5 nitrogen and oxygen atoms in total. The van der Waals surface area contributed by atoms with E-state index in [9.17, 15) is 4.79 Å². The van der Waals surface area contributed by atoms with Gasteiger partial charge in [-0.05, 0) is 13.0 Å². The average Bonchev–Trinajstić information content (AvgIpc) is 2.94. The van der Waals surface area contributed by atoms with Crippen molar-refractivity contribution in [2.75, 3.05) is 11.9 Å². The maximum absolute atomic E-state index is 12.0. The molecule has 0 saturated heterocycles. The third-order valence-corrected chi connectivity index (χ3v) is 3.94. The maximum atomic E-state index is 12.0. The van der Waals surface area contributed by atoms with Crippen molar-refractivity contribution in [3.05, 3.63) is 34.2 Å². The molecule has 1 amide bonds. The van der Waals surface area contributed by atoms with Gasteiger partial charge in [0.05, 0.1) is 17.5 Å². The van der Waals surface area contributed by atoms with Crippen LogP contribution in [0.25, 0.3) is 0 Å². The summed E-state index contributed by atoms with van der Waals surface area (Å²) in [6, 6.07) is 1.67. The number of hydrogen-bond acceptors (Lipinski definition) is 5. The van der Waals surface area contributed by atoms with Gasteiger partial charge in [0.15, 0.2) is 5.13 Å². The summed E-state index contributed by atoms with van der Waals surface area (Å²) < 4.78 is 5.12. The van der Waals surface area contributed by atoms with Gasteiger partial charge < -0.3 is 9.73 Å². The molecule has 1 aliphatic rings. The first kappa shape index (κ1) is 11.4. The van der Waals surface area contributed by atoms with Crippen LogP contribution in [0.2, 0.25) is 0 Å². The number of nitrogens with zero attached hydrogens (tertiary/aromatic N) is 1. The van der Waals surface area contributed by atoms with E-state index in [0.717, 1.165) is 25.2 Å². The van der Waals surface area contributed by atoms with E-state index in [0.29, 0.717) is 16.5 Å². The molecule has 0 aromatic carbocycles. The Morgan fingerprint density at radius 3 is 3.22 bits per heavy atom. The van der Waals surface area contributed by atoms with E-state index in [1.54, 1.807) is 13.0 Å². The Balaban J connectivity index is 1.79. The number of carbonyl (C=O) groups excluding carboxylic acids is 1. The van der Waals surface area contributed by atoms with Gasteiger partial charge in [-0.15, -0.1) is 11.3 Å². The van der Waals surface area contributed by atoms with Crippen molar-refractivity contribution in [2.45, 2.75) is 19.9 Å². The van der Waals surface area contributed by atoms with Crippen molar-refractivity contribution in [1.29, 1.82) is 0 Å². The summed E-state index contributed by atoms with van der Waals surface area (Å²) in [5, 5.41) is 6.77. The molecule has 0 spiro atoms. The van der Waals surface area contributed by atoms with Crippen LogP contribution in [0.1, 0.15) is 26.7 Å². The lowest BCUT2D eigenvalue weighted by molar-refractivity contribution is 0.102. The summed E-state index contributed by atoms with van der Waals surface area (Å²) in [6.07, 6.45) is 2.44. The highest BCUT2D eigenvalue weighted by atomic mass is 32.1. The predicted octanol–water partition coefficient (Wildman–Crippen LogP) is 1.94. The molecule has 0 radical (unpaired) electrons. The van der Waals surface area contributed by atoms with Gasteiger partial charge in [-0.2, -0.15) is 0 Å². The van der Waals surface area contributed by atoms with Crippen LogP contribution in [0.4, 0.5) is 5.13 Å². The van der Waals surface area contributed by atoms with Gasteiger partial charge >= 0.3 is 0 Å². The summed E-state index contributed by atoms with van der Waals surface area (Å²) in [7, 11) is 0. The van der Waals surface area contributed by atoms with Crippen LogP contribution >= 0.6 is 11.3 Å². The molecule has 18 heavy (non-hydrogen) atoms. The Morgan fingerprint density at radius 2 is 2.50 bits per heavy atom. The van der Waals surface area contributed by atoms with Crippen LogP contribution < -0.4 is 10.6 Å². The van der Waals surface area contributed by atoms with Gasteiger partial charge in [-0.25, -0.2) is 4.98 Å². The second-order valence-electron chi connectivity index (χ2n) is 4.16. The van der Waals surface area contributed by atoms with Crippen LogP contribution in [0.5, 0.6) is 0 Å². The van der Waals surface area contributed by atoms with E-state index in [-0.39, 0.29) is 5.91 Å². The van der Waals surface area contributed by atoms with Crippen LogP contribution in [0.3, 0.4) is 0 Å². The number of hydrogen-bond donors (Lipinski definition) is 2. The number of thiazole rings is 1. The van der Waals surface area contributed by atoms with Crippen molar-refractivity contribution in [3.63, 3.8) is 0 Å². The molecule has 6 heteroatoms. The van der Waals surface area contributed by atoms with E-state index in [4.69, 9.17) is 4.42 Å². The van der Waals surface area contributed by atoms with Gasteiger partial charge in [0, 0.05) is 24.4 Å². The summed E-state index contributed by atoms with van der Waals surface area (Å²) in [6.45, 7) is 3.56. The van der Waals surface area contributed by atoms with Crippen LogP contribution in [0, 0.1) is 6.92 Å². The quantitative estimate of drug-likeness (QED) is 0.869. The first-order valence-electron chi connectivity index (χ1n) is 5.79. The zero-order valence-corrected chi connectivity index (χ0v) is 10.8. The third kappa shape index (κ3) is 2.04. The number of amides is 1. The van der Waals surface area contributed by atoms with E-state index in [1.807, 2.05) is 0 Å². The van der Waals surface area contributed by atoms with Gasteiger partial charge in [0.2, 0.25) is 0 Å². The second kappa shape index (κ2) is 4.55. The van der Waals surface area contributed by atoms with Gasteiger partial charge in [-0.3, -0.25) is 10.1 Å². The van der Waals surface area contributed by atoms with E-state index >= 15 is 0 Å². The fourth-order valence-electron chi connectivity index (χ4n) is 1.96. The number of rotatable bonds is 2. The highest BCUT2D eigenvalue weighted by molar-refractivity contribution is 7.15. The predicted molar refractivity (Wildman–Crippen MR) is 68.9 cm³/mol. The highest BCUT2D eigenvalue weighted by Crippen LogP contribution is 2.26. The summed E-state index contributed by atoms with van der Waals surface area (Å²) in [5.41, 5.74) is 1.65. The SMILES string of the molecule is Cc1occc1C(=O)Nc1nc2c(s1)CNCC2. The molecule has 0 saturated carbocycles. The molecule has 94 valence electrons. The molecule has 0 atom stereocenters. The van der Waals surface area contributed by atoms with Crippen molar-refractivity contribution >= 4 is 22.4 Å². The van der Waals surface area contributed by atoms with Crippen molar-refractivity contribution in [3.8, 4) is 0 Å². The zero-order valence-electron chi connectivity index (χ0n) is 9.95. The molecule has 1 aliphatic heterocycles. The number of furan rings is 1. The Bertz CT molecular complexity index is 564. The Labute approximate surface area is 108 Å². The van der Waals surface area contributed by atoms with Gasteiger partial charge in [0.1, 0.15) is 5.76 Å². The lowest BCUT2D eigenvalue weighted by Gasteiger charge is -2.09. The van der Waals surface area contributed by atoms with Crippen LogP contribution in [0.15, 0.2) is 16.7 Å². The molecule has 0 fully saturated rings. The lowest BCUT2D eigenvalue weighted by Crippen LogP contribution is -2.22. The second-order valence-corrected chi connectivity index (χ2v) is 5.24. The van der Waals surface area contributed by atoms with Crippen molar-refractivity contribution in [2.24, 2.45) is 0 Å². The molecule has 2 N–H and O–H groups in total. The molecule has 2 aromatic heterocycles. The fourth-order valence-corrected chi connectivity index (χ4v) is 2.94. The van der Waals surface area contributed by atoms with Crippen molar-refractivity contribution in [1.82, 2.24) is 10.3 Å². The highest BCUT2D eigenvalue weighted by Gasteiger charge is 2.17. The summed E-state index contributed by atoms with van der Waals surface area (Å²) in [5.74, 6) is 0.454. The minimum atomic E-state index is -0.166. The van der Waals surface area contributed by atoms with Crippen LogP contribution in [-0.2, 0) is 13.0 Å². The summed E-state index contributed by atoms with van der Waals surface area (Å²) in [4.78, 5) is 17.6. The maximum Gasteiger partial charge on any atom is 0.260 e. The smallest absolute Gasteiger partial charge is 0.260 e. The fraction of sp³-hybridized carbons (Fsp3) is 0.333. The minimum Gasteiger partial charge on any atom is -0.469 e. The number of fused-ring (bicyclic) bond motifs is 1. The van der Waals surface area contributed by atoms with E-state index in [2.05, 4.69) is 15.6 Å². The first-order valence-corrected chi connectivity index (χ1v) is 6.60. The molecular weight excluding hydrogens is 250 g/mol. The standard InChI is InChI=1S/C12H13N3O2S/c1-7-8(3-5-17-7)11(16)15-12-14-9-2-4-13-6-10(9)18-12/h3,5,13H,2,4,6H2,1H3,(H,14,15,16). The number of aromatic nitrogens is 1. The summed E-state index contributed by atoms with van der Waals surface area (Å²) >= 11 is 1.53. The van der Waals surface area contributed by atoms with E-state index in [1.165, 1.54) is 22.5 Å². The number of aryl methyl sites for hydroxylation is 1. The third-order valence-electron chi connectivity index (χ3n) is 2.93. The molecule has 0 unspecified atom stereocenters. The number of nitrogens with one attached hydrogen (secondary N) is 2. The lowest BCUT2D eigenvalue weighted by atomic mass is 10.2. The van der Waals surface area contributed by atoms with Gasteiger partial charge in [-0.1, -0.05) is 0 Å². The van der Waals surface area contributed by atoms with E-state index < -0.39 is 0 Å². The Morgan fingerprint density at radius 1 is 1.61 bits per heavy atom. The monoisotopic (exact) mass is 263 g/mol. The topological polar surface area (TPSA) is 67.2 Å². The largest absolute Gasteiger partial charge is 0.469 e. The molecule has 2 aromatic rings. The molecule has 3 rings (SSSR count). The van der Waals surface area contributed by atoms with Crippen LogP contribution in [-0.4, -0.2) is 17.4 Å².